The van der Waals surface area contributed by atoms with Crippen molar-refractivity contribution in [3.63, 3.8) is 0 Å². The van der Waals surface area contributed by atoms with Gasteiger partial charge in [-0.15, -0.1) is 0 Å². The molecule has 31 heavy (non-hydrogen) atoms. The molecule has 2 aliphatic rings. The number of esters is 1. The van der Waals surface area contributed by atoms with E-state index in [4.69, 9.17) is 15.2 Å². The number of carbonyl (C=O) groups is 2. The minimum absolute atomic E-state index is 0.0265. The molecule has 7 heteroatoms. The van der Waals surface area contributed by atoms with Gasteiger partial charge in [0.15, 0.2) is 0 Å². The van der Waals surface area contributed by atoms with Gasteiger partial charge in [-0.1, -0.05) is 40.2 Å². The van der Waals surface area contributed by atoms with Gasteiger partial charge in [-0.3, -0.25) is 9.59 Å². The molecule has 2 aliphatic heterocycles. The van der Waals surface area contributed by atoms with Crippen molar-refractivity contribution in [2.75, 3.05) is 6.54 Å². The van der Waals surface area contributed by atoms with Crippen LogP contribution in [0.1, 0.15) is 73.6 Å². The lowest BCUT2D eigenvalue weighted by atomic mass is 9.73. The van der Waals surface area contributed by atoms with E-state index in [9.17, 15) is 19.8 Å². The van der Waals surface area contributed by atoms with Gasteiger partial charge in [0.1, 0.15) is 11.9 Å². The fourth-order valence-corrected chi connectivity index (χ4v) is 4.61. The molecule has 7 atom stereocenters. The van der Waals surface area contributed by atoms with Crippen LogP contribution in [0, 0.1) is 17.3 Å². The molecular formula is C24H41NO6. The molecule has 0 spiro atoms. The molecule has 178 valence electrons. The summed E-state index contributed by atoms with van der Waals surface area (Å²) >= 11 is 0. The second-order valence-electron chi connectivity index (χ2n) is 10.3. The van der Waals surface area contributed by atoms with Gasteiger partial charge in [0.25, 0.3) is 0 Å². The lowest BCUT2D eigenvalue weighted by molar-refractivity contribution is -0.154. The predicted octanol–water partition coefficient (Wildman–Crippen LogP) is 2.51. The third-order valence-electron chi connectivity index (χ3n) is 7.35. The number of cyclic esters (lactones) is 1. The molecular weight excluding hydrogens is 398 g/mol. The molecule has 0 saturated carbocycles. The number of aliphatic hydroxyl groups is 2. The Kier molecular flexibility index (Phi) is 8.47. The van der Waals surface area contributed by atoms with Crippen molar-refractivity contribution in [2.24, 2.45) is 23.0 Å². The number of carbonyl (C=O) groups excluding carboxylic acids is 2. The first kappa shape index (κ1) is 26.0. The Morgan fingerprint density at radius 1 is 1.23 bits per heavy atom. The highest BCUT2D eigenvalue weighted by Crippen LogP contribution is 2.45. The highest BCUT2D eigenvalue weighted by atomic mass is 16.6. The minimum Gasteiger partial charge on any atom is -0.458 e. The molecule has 2 rings (SSSR count). The van der Waals surface area contributed by atoms with Crippen LogP contribution >= 0.6 is 0 Å². The van der Waals surface area contributed by atoms with Crippen LogP contribution in [0.15, 0.2) is 11.6 Å². The van der Waals surface area contributed by atoms with E-state index in [2.05, 4.69) is 6.92 Å². The van der Waals surface area contributed by atoms with Crippen LogP contribution in [0.25, 0.3) is 0 Å². The zero-order chi connectivity index (χ0) is 23.6. The molecule has 2 fully saturated rings. The van der Waals surface area contributed by atoms with Gasteiger partial charge in [-0.25, -0.2) is 0 Å². The van der Waals surface area contributed by atoms with Gasteiger partial charge >= 0.3 is 5.97 Å². The normalized spacial score (nSPS) is 40.7. The molecule has 0 aromatic rings. The second-order valence-corrected chi connectivity index (χ2v) is 10.3. The van der Waals surface area contributed by atoms with Crippen molar-refractivity contribution in [2.45, 2.75) is 104 Å². The molecule has 0 aromatic heterocycles. The van der Waals surface area contributed by atoms with Crippen molar-refractivity contribution in [3.8, 4) is 0 Å². The molecule has 2 saturated heterocycles. The highest BCUT2D eigenvalue weighted by molar-refractivity contribution is 5.88. The van der Waals surface area contributed by atoms with Crippen molar-refractivity contribution in [3.05, 3.63) is 11.6 Å². The maximum Gasteiger partial charge on any atom is 0.309 e. The molecule has 0 aromatic carbocycles. The molecule has 4 N–H and O–H groups in total. The topological polar surface area (TPSA) is 122 Å². The lowest BCUT2D eigenvalue weighted by Gasteiger charge is -2.34. The van der Waals surface area contributed by atoms with Crippen LogP contribution in [-0.4, -0.2) is 58.5 Å². The van der Waals surface area contributed by atoms with Crippen LogP contribution in [0.3, 0.4) is 0 Å². The van der Waals surface area contributed by atoms with Gasteiger partial charge in [0.2, 0.25) is 0 Å². The van der Waals surface area contributed by atoms with Gasteiger partial charge in [-0.05, 0) is 38.2 Å². The van der Waals surface area contributed by atoms with Gasteiger partial charge in [0, 0.05) is 18.9 Å². The zero-order valence-electron chi connectivity index (χ0n) is 19.9. The number of ether oxygens (including phenoxy) is 2. The second kappa shape index (κ2) is 10.1. The van der Waals surface area contributed by atoms with Crippen molar-refractivity contribution in [1.29, 1.82) is 0 Å². The average molecular weight is 440 g/mol. The van der Waals surface area contributed by atoms with E-state index in [0.29, 0.717) is 13.0 Å². The van der Waals surface area contributed by atoms with Crippen LogP contribution in [-0.2, 0) is 19.1 Å². The van der Waals surface area contributed by atoms with Gasteiger partial charge in [-0.2, -0.15) is 0 Å². The van der Waals surface area contributed by atoms with E-state index in [1.165, 1.54) is 0 Å². The standard InChI is InChI=1S/C24H41NO6/c1-14(9-11-25)17-12-19-24(6,31-19)10-7-8-15(2)21(28)16(3)22(29)23(4,5)18(26)13-20(27)30-17/h9,15-19,21,26,28H,7-8,10-13,25H2,1-6H3/b14-9+/t15-,16+,17-,18-,19-,21-,24+/m0/s1. The number of hydrogen-bond acceptors (Lipinski definition) is 7. The van der Waals surface area contributed by atoms with E-state index >= 15 is 0 Å². The molecule has 2 heterocycles. The van der Waals surface area contributed by atoms with E-state index in [-0.39, 0.29) is 29.8 Å². The van der Waals surface area contributed by atoms with Crippen molar-refractivity contribution < 1.29 is 29.3 Å². The molecule has 7 nitrogen and oxygen atoms in total. The first-order chi connectivity index (χ1) is 14.3. The number of aliphatic hydroxyl groups excluding tert-OH is 2. The van der Waals surface area contributed by atoms with Gasteiger partial charge in [0.05, 0.1) is 35.7 Å². The Labute approximate surface area is 186 Å². The number of Topliss-reactive ketones (excluding diaryl/α,β-unsaturated/α-hetero) is 1. The summed E-state index contributed by atoms with van der Waals surface area (Å²) in [4.78, 5) is 25.7. The van der Waals surface area contributed by atoms with Crippen molar-refractivity contribution in [1.82, 2.24) is 0 Å². The smallest absolute Gasteiger partial charge is 0.309 e. The Hall–Kier alpha value is -1.28. The third-order valence-corrected chi connectivity index (χ3v) is 7.35. The van der Waals surface area contributed by atoms with Crippen molar-refractivity contribution >= 4 is 11.8 Å². The fraction of sp³-hybridized carbons (Fsp3) is 0.833. The highest BCUT2D eigenvalue weighted by Gasteiger charge is 2.53. The summed E-state index contributed by atoms with van der Waals surface area (Å²) in [5.74, 6) is -1.54. The number of epoxide rings is 1. The minimum atomic E-state index is -1.22. The van der Waals surface area contributed by atoms with Gasteiger partial charge < -0.3 is 25.4 Å². The monoisotopic (exact) mass is 439 g/mol. The van der Waals surface area contributed by atoms with Crippen LogP contribution < -0.4 is 5.73 Å². The fourth-order valence-electron chi connectivity index (χ4n) is 4.61. The summed E-state index contributed by atoms with van der Waals surface area (Å²) in [5.41, 5.74) is 5.03. The summed E-state index contributed by atoms with van der Waals surface area (Å²) in [7, 11) is 0. The van der Waals surface area contributed by atoms with Crippen LogP contribution in [0.2, 0.25) is 0 Å². The first-order valence-corrected chi connectivity index (χ1v) is 11.5. The maximum absolute atomic E-state index is 13.1. The number of hydrogen-bond donors (Lipinski definition) is 3. The zero-order valence-corrected chi connectivity index (χ0v) is 19.9. The summed E-state index contributed by atoms with van der Waals surface area (Å²) in [6.45, 7) is 11.1. The number of rotatable bonds is 2. The lowest BCUT2D eigenvalue weighted by Crippen LogP contribution is -2.45. The number of nitrogens with two attached hydrogens (primary N) is 1. The maximum atomic E-state index is 13.1. The SMILES string of the molecule is C/C(=C\CN)[C@@H]1C[C@@H]2O[C@]2(C)CCC[C@H](C)[C@H](O)[C@@H](C)C(=O)C(C)(C)[C@@H](O)CC(=O)O1. The molecule has 0 amide bonds. The largest absolute Gasteiger partial charge is 0.458 e. The molecule has 0 bridgehead atoms. The predicted molar refractivity (Wildman–Crippen MR) is 118 cm³/mol. The molecule has 0 aliphatic carbocycles. The number of ketones is 1. The summed E-state index contributed by atoms with van der Waals surface area (Å²) in [6.07, 6.45) is 1.99. The Morgan fingerprint density at radius 2 is 1.87 bits per heavy atom. The van der Waals surface area contributed by atoms with E-state index in [0.717, 1.165) is 24.8 Å². The molecule has 0 unspecified atom stereocenters. The van der Waals surface area contributed by atoms with Crippen LogP contribution in [0.4, 0.5) is 0 Å². The quantitative estimate of drug-likeness (QED) is 0.343. The summed E-state index contributed by atoms with van der Waals surface area (Å²) < 4.78 is 11.7. The summed E-state index contributed by atoms with van der Waals surface area (Å²) in [5, 5.41) is 21.5. The number of fused-ring (bicyclic) bond motifs is 1. The van der Waals surface area contributed by atoms with E-state index < -0.39 is 35.6 Å². The average Bonchev–Trinajstić information content (AvgIpc) is 3.33. The van der Waals surface area contributed by atoms with E-state index in [1.807, 2.05) is 19.9 Å². The van der Waals surface area contributed by atoms with E-state index in [1.54, 1.807) is 20.8 Å². The molecule has 0 radical (unpaired) electrons. The first-order valence-electron chi connectivity index (χ1n) is 11.5. The Bertz CT molecular complexity index is 690. The Balaban J connectivity index is 2.27. The summed E-state index contributed by atoms with van der Waals surface area (Å²) in [6, 6.07) is 0. The Morgan fingerprint density at radius 3 is 2.48 bits per heavy atom. The third kappa shape index (κ3) is 6.15. The van der Waals surface area contributed by atoms with Crippen LogP contribution in [0.5, 0.6) is 0 Å².